The van der Waals surface area contributed by atoms with Crippen LogP contribution in [0.3, 0.4) is 0 Å². The first-order chi connectivity index (χ1) is 10.5. The fourth-order valence-electron chi connectivity index (χ4n) is 2.87. The van der Waals surface area contributed by atoms with Gasteiger partial charge in [0, 0.05) is 23.9 Å². The summed E-state index contributed by atoms with van der Waals surface area (Å²) in [5, 5.41) is 10.8. The summed E-state index contributed by atoms with van der Waals surface area (Å²) in [4.78, 5) is 12.3. The van der Waals surface area contributed by atoms with E-state index in [1.165, 1.54) is 0 Å². The van der Waals surface area contributed by atoms with Crippen molar-refractivity contribution in [1.82, 2.24) is 4.83 Å². The lowest BCUT2D eigenvalue weighted by molar-refractivity contribution is -0.118. The van der Waals surface area contributed by atoms with Crippen LogP contribution in [-0.2, 0) is 9.36 Å². The summed E-state index contributed by atoms with van der Waals surface area (Å²) >= 11 is 0. The average molecular weight is 326 g/mol. The maximum absolute atomic E-state index is 13.5. The minimum Gasteiger partial charge on any atom is -0.494 e. The Labute approximate surface area is 130 Å². The van der Waals surface area contributed by atoms with E-state index in [0.29, 0.717) is 30.6 Å². The van der Waals surface area contributed by atoms with Crippen LogP contribution >= 0.6 is 7.29 Å². The van der Waals surface area contributed by atoms with Gasteiger partial charge in [0.15, 0.2) is 0 Å². The molecular weight excluding hydrogens is 303 g/mol. The number of hydrogen-bond acceptors (Lipinski definition) is 4. The molecule has 7 heteroatoms. The summed E-state index contributed by atoms with van der Waals surface area (Å²) in [5.41, 5.74) is 4.85. The normalized spacial score (nSPS) is 26.4. The third kappa shape index (κ3) is 3.51. The van der Waals surface area contributed by atoms with Gasteiger partial charge in [-0.15, -0.1) is 4.83 Å². The van der Waals surface area contributed by atoms with Crippen LogP contribution in [0.4, 0.5) is 0 Å². The second kappa shape index (κ2) is 7.27. The van der Waals surface area contributed by atoms with E-state index < -0.39 is 18.9 Å². The van der Waals surface area contributed by atoms with E-state index >= 15 is 0 Å². The molecule has 3 N–H and O–H groups in total. The van der Waals surface area contributed by atoms with Gasteiger partial charge in [0.25, 0.3) is 0 Å². The third-order valence-corrected chi connectivity index (χ3v) is 7.29. The van der Waals surface area contributed by atoms with Crippen molar-refractivity contribution >= 4 is 18.5 Å². The highest BCUT2D eigenvalue weighted by atomic mass is 31.2. The number of carbonyl (C=O) groups is 1. The summed E-state index contributed by atoms with van der Waals surface area (Å²) in [6.45, 7) is 2.77. The van der Waals surface area contributed by atoms with Crippen LogP contribution in [0.5, 0.6) is 5.75 Å². The molecule has 2 rings (SSSR count). The van der Waals surface area contributed by atoms with Gasteiger partial charge in [-0.25, -0.2) is 0 Å². The fourth-order valence-corrected chi connectivity index (χ4v) is 5.91. The van der Waals surface area contributed by atoms with Crippen LogP contribution in [0.1, 0.15) is 32.6 Å². The summed E-state index contributed by atoms with van der Waals surface area (Å²) in [7, 11) is -3.27. The van der Waals surface area contributed by atoms with E-state index in [0.717, 1.165) is 17.7 Å². The molecule has 2 unspecified atom stereocenters. The van der Waals surface area contributed by atoms with Gasteiger partial charge in [0.05, 0.1) is 6.61 Å². The van der Waals surface area contributed by atoms with Crippen molar-refractivity contribution in [3.05, 3.63) is 24.3 Å². The molecular formula is C15H23N2O4P. The number of nitrogens with two attached hydrogens (primary N) is 1. The molecule has 0 aliphatic carbocycles. The first kappa shape index (κ1) is 17.0. The molecule has 0 radical (unpaired) electrons. The van der Waals surface area contributed by atoms with Crippen LogP contribution in [-0.4, -0.2) is 34.8 Å². The van der Waals surface area contributed by atoms with E-state index in [1.54, 1.807) is 24.3 Å². The molecule has 1 fully saturated rings. The van der Waals surface area contributed by atoms with Crippen LogP contribution in [0, 0.1) is 0 Å². The fraction of sp³-hybridized carbons (Fsp3) is 0.533. The third-order valence-electron chi connectivity index (χ3n) is 3.94. The Morgan fingerprint density at radius 3 is 2.68 bits per heavy atom. The molecule has 1 saturated heterocycles. The number of nitrogens with zero attached hydrogens (tertiary/aromatic N) is 1. The van der Waals surface area contributed by atoms with E-state index in [2.05, 4.69) is 0 Å². The SMILES string of the molecule is CCOc1ccc(P2(=O)C(CC(N)=O)CCCCN2O)cc1. The molecule has 1 aromatic carbocycles. The topological polar surface area (TPSA) is 92.9 Å². The first-order valence-electron chi connectivity index (χ1n) is 7.56. The molecule has 122 valence electrons. The molecule has 22 heavy (non-hydrogen) atoms. The number of primary amides is 1. The summed E-state index contributed by atoms with van der Waals surface area (Å²) in [6, 6.07) is 6.87. The minimum absolute atomic E-state index is 0.0154. The number of benzene rings is 1. The number of ether oxygens (including phenoxy) is 1. The zero-order valence-electron chi connectivity index (χ0n) is 12.8. The summed E-state index contributed by atoms with van der Waals surface area (Å²) in [5.74, 6) is 0.190. The highest BCUT2D eigenvalue weighted by molar-refractivity contribution is 7.69. The average Bonchev–Trinajstić information content (AvgIpc) is 2.62. The molecule has 0 spiro atoms. The lowest BCUT2D eigenvalue weighted by Crippen LogP contribution is -2.31. The number of hydrogen-bond donors (Lipinski definition) is 2. The van der Waals surface area contributed by atoms with E-state index in [1.807, 2.05) is 6.92 Å². The zero-order chi connectivity index (χ0) is 16.2. The van der Waals surface area contributed by atoms with Gasteiger partial charge in [-0.05, 0) is 44.0 Å². The molecule has 1 amide bonds. The highest BCUT2D eigenvalue weighted by Crippen LogP contribution is 2.56. The largest absolute Gasteiger partial charge is 0.494 e. The van der Waals surface area contributed by atoms with Crippen molar-refractivity contribution in [3.63, 3.8) is 0 Å². The maximum atomic E-state index is 13.5. The number of rotatable bonds is 5. The Bertz CT molecular complexity index is 561. The first-order valence-corrected chi connectivity index (χ1v) is 9.29. The molecule has 1 aliphatic heterocycles. The quantitative estimate of drug-likeness (QED) is 0.808. The summed E-state index contributed by atoms with van der Waals surface area (Å²) in [6.07, 6.45) is 2.19. The van der Waals surface area contributed by atoms with Crippen molar-refractivity contribution in [2.24, 2.45) is 5.73 Å². The van der Waals surface area contributed by atoms with Crippen molar-refractivity contribution in [1.29, 1.82) is 0 Å². The number of hydroxylamine groups is 1. The van der Waals surface area contributed by atoms with E-state index in [-0.39, 0.29) is 6.42 Å². The molecule has 2 atom stereocenters. The van der Waals surface area contributed by atoms with Crippen molar-refractivity contribution in [2.75, 3.05) is 13.2 Å². The van der Waals surface area contributed by atoms with Crippen LogP contribution in [0.2, 0.25) is 0 Å². The number of amides is 1. The standard InChI is InChI=1S/C15H23N2O4P/c1-2-21-12-6-8-13(9-7-12)22(20)14(11-15(16)18)5-3-4-10-17(22)19/h6-9,14,19H,2-5,10-11H2,1H3,(H2,16,18). The van der Waals surface area contributed by atoms with E-state index in [9.17, 15) is 14.6 Å². The van der Waals surface area contributed by atoms with Gasteiger partial charge in [-0.1, -0.05) is 6.42 Å². The lowest BCUT2D eigenvalue weighted by atomic mass is 10.1. The molecule has 1 heterocycles. The van der Waals surface area contributed by atoms with Gasteiger partial charge in [0.2, 0.25) is 13.2 Å². The highest BCUT2D eigenvalue weighted by Gasteiger charge is 2.42. The maximum Gasteiger partial charge on any atom is 0.218 e. The zero-order valence-corrected chi connectivity index (χ0v) is 13.7. The van der Waals surface area contributed by atoms with Crippen LogP contribution in [0.25, 0.3) is 0 Å². The predicted molar refractivity (Wildman–Crippen MR) is 84.8 cm³/mol. The molecule has 1 aliphatic rings. The Balaban J connectivity index is 2.38. The van der Waals surface area contributed by atoms with Gasteiger partial charge < -0.3 is 15.7 Å². The second-order valence-corrected chi connectivity index (χ2v) is 8.42. The summed E-state index contributed by atoms with van der Waals surface area (Å²) < 4.78 is 18.9. The number of carbonyl (C=O) groups excluding carboxylic acids is 1. The van der Waals surface area contributed by atoms with Crippen LogP contribution in [0.15, 0.2) is 24.3 Å². The van der Waals surface area contributed by atoms with Crippen molar-refractivity contribution in [3.8, 4) is 5.75 Å². The van der Waals surface area contributed by atoms with E-state index in [4.69, 9.17) is 10.5 Å². The lowest BCUT2D eigenvalue weighted by Gasteiger charge is -2.30. The molecule has 1 aromatic rings. The smallest absolute Gasteiger partial charge is 0.218 e. The van der Waals surface area contributed by atoms with Gasteiger partial charge in [-0.3, -0.25) is 9.36 Å². The van der Waals surface area contributed by atoms with Gasteiger partial charge in [-0.2, -0.15) is 0 Å². The Morgan fingerprint density at radius 1 is 1.41 bits per heavy atom. The minimum atomic E-state index is -3.27. The second-order valence-electron chi connectivity index (χ2n) is 5.47. The van der Waals surface area contributed by atoms with Crippen molar-refractivity contribution in [2.45, 2.75) is 38.3 Å². The Hall–Kier alpha value is -1.36. The predicted octanol–water partition coefficient (Wildman–Crippen LogP) is 2.11. The van der Waals surface area contributed by atoms with Crippen LogP contribution < -0.4 is 15.8 Å². The molecule has 0 saturated carbocycles. The monoisotopic (exact) mass is 326 g/mol. The van der Waals surface area contributed by atoms with Gasteiger partial charge >= 0.3 is 0 Å². The molecule has 0 aromatic heterocycles. The Kier molecular flexibility index (Phi) is 5.62. The van der Waals surface area contributed by atoms with Crippen molar-refractivity contribution < 1.29 is 19.3 Å². The van der Waals surface area contributed by atoms with Gasteiger partial charge in [0.1, 0.15) is 5.75 Å². The molecule has 0 bridgehead atoms. The molecule has 6 nitrogen and oxygen atoms in total. The Morgan fingerprint density at radius 2 is 2.09 bits per heavy atom.